The fourth-order valence-corrected chi connectivity index (χ4v) is 1.72. The zero-order chi connectivity index (χ0) is 10.8. The Balaban J connectivity index is 2.50. The SMILES string of the molecule is Fc1cccc(-c2ccc(F)c(Br)c2)c1. The molecule has 0 N–H and O–H groups in total. The van der Waals surface area contributed by atoms with E-state index in [0.717, 1.165) is 11.1 Å². The molecule has 76 valence electrons. The van der Waals surface area contributed by atoms with Crippen LogP contribution in [0.25, 0.3) is 11.1 Å². The molecule has 0 bridgehead atoms. The van der Waals surface area contributed by atoms with Gasteiger partial charge in [0.2, 0.25) is 0 Å². The molecule has 0 amide bonds. The van der Waals surface area contributed by atoms with Gasteiger partial charge in [-0.15, -0.1) is 0 Å². The maximum atomic E-state index is 13.0. The van der Waals surface area contributed by atoms with Crippen LogP contribution < -0.4 is 0 Å². The van der Waals surface area contributed by atoms with Crippen molar-refractivity contribution in [3.05, 3.63) is 58.6 Å². The molecule has 0 nitrogen and oxygen atoms in total. The van der Waals surface area contributed by atoms with Crippen LogP contribution in [-0.4, -0.2) is 0 Å². The van der Waals surface area contributed by atoms with Crippen molar-refractivity contribution in [1.82, 2.24) is 0 Å². The Labute approximate surface area is 94.7 Å². The largest absolute Gasteiger partial charge is 0.207 e. The molecule has 0 spiro atoms. The molecule has 0 aliphatic carbocycles. The van der Waals surface area contributed by atoms with Crippen LogP contribution in [0.2, 0.25) is 0 Å². The Morgan fingerprint density at radius 2 is 1.60 bits per heavy atom. The van der Waals surface area contributed by atoms with E-state index in [-0.39, 0.29) is 11.6 Å². The summed E-state index contributed by atoms with van der Waals surface area (Å²) in [6, 6.07) is 10.8. The highest BCUT2D eigenvalue weighted by atomic mass is 79.9. The van der Waals surface area contributed by atoms with E-state index in [0.29, 0.717) is 4.47 Å². The van der Waals surface area contributed by atoms with Gasteiger partial charge >= 0.3 is 0 Å². The molecule has 2 aromatic rings. The molecule has 0 aliphatic rings. The summed E-state index contributed by atoms with van der Waals surface area (Å²) < 4.78 is 26.3. The lowest BCUT2D eigenvalue weighted by Gasteiger charge is -2.02. The van der Waals surface area contributed by atoms with E-state index in [2.05, 4.69) is 15.9 Å². The van der Waals surface area contributed by atoms with Crippen molar-refractivity contribution in [2.24, 2.45) is 0 Å². The van der Waals surface area contributed by atoms with Crippen LogP contribution in [0, 0.1) is 11.6 Å². The molecule has 0 aliphatic heterocycles. The number of benzene rings is 2. The van der Waals surface area contributed by atoms with Gasteiger partial charge in [-0.3, -0.25) is 0 Å². The first-order chi connectivity index (χ1) is 7.16. The lowest BCUT2D eigenvalue weighted by Crippen LogP contribution is -1.82. The third-order valence-electron chi connectivity index (χ3n) is 2.08. The van der Waals surface area contributed by atoms with Crippen LogP contribution in [0.4, 0.5) is 8.78 Å². The van der Waals surface area contributed by atoms with Gasteiger partial charge in [-0.05, 0) is 51.3 Å². The monoisotopic (exact) mass is 268 g/mol. The quantitative estimate of drug-likeness (QED) is 0.720. The molecule has 0 atom stereocenters. The van der Waals surface area contributed by atoms with E-state index in [1.807, 2.05) is 0 Å². The van der Waals surface area contributed by atoms with Gasteiger partial charge in [0.1, 0.15) is 11.6 Å². The molecule has 0 aromatic heterocycles. The van der Waals surface area contributed by atoms with Gasteiger partial charge in [0.25, 0.3) is 0 Å². The van der Waals surface area contributed by atoms with Crippen LogP contribution in [0.3, 0.4) is 0 Å². The van der Waals surface area contributed by atoms with Gasteiger partial charge in [-0.2, -0.15) is 0 Å². The number of rotatable bonds is 1. The molecule has 0 heterocycles. The topological polar surface area (TPSA) is 0 Å². The van der Waals surface area contributed by atoms with Crippen molar-refractivity contribution in [3.63, 3.8) is 0 Å². The molecule has 0 radical (unpaired) electrons. The normalized spacial score (nSPS) is 10.3. The Kier molecular flexibility index (Phi) is 2.82. The summed E-state index contributed by atoms with van der Waals surface area (Å²) in [5, 5.41) is 0. The molecule has 2 aromatic carbocycles. The van der Waals surface area contributed by atoms with Crippen molar-refractivity contribution < 1.29 is 8.78 Å². The van der Waals surface area contributed by atoms with Crippen molar-refractivity contribution in [3.8, 4) is 11.1 Å². The highest BCUT2D eigenvalue weighted by Gasteiger charge is 2.03. The van der Waals surface area contributed by atoms with E-state index in [9.17, 15) is 8.78 Å². The van der Waals surface area contributed by atoms with Gasteiger partial charge in [0, 0.05) is 0 Å². The zero-order valence-electron chi connectivity index (χ0n) is 7.68. The summed E-state index contributed by atoms with van der Waals surface area (Å²) in [5.74, 6) is -0.622. The minimum absolute atomic E-state index is 0.298. The molecule has 0 saturated carbocycles. The Morgan fingerprint density at radius 1 is 0.867 bits per heavy atom. The van der Waals surface area contributed by atoms with E-state index >= 15 is 0 Å². The van der Waals surface area contributed by atoms with Crippen LogP contribution in [0.1, 0.15) is 0 Å². The molecule has 0 unspecified atom stereocenters. The molecule has 0 saturated heterocycles. The first kappa shape index (κ1) is 10.3. The fourth-order valence-electron chi connectivity index (χ4n) is 1.34. The summed E-state index contributed by atoms with van der Waals surface area (Å²) in [6.07, 6.45) is 0. The molecular weight excluding hydrogens is 262 g/mol. The highest BCUT2D eigenvalue weighted by molar-refractivity contribution is 9.10. The average molecular weight is 269 g/mol. The second kappa shape index (κ2) is 4.11. The summed E-state index contributed by atoms with van der Waals surface area (Å²) in [5.41, 5.74) is 1.51. The van der Waals surface area contributed by atoms with Crippen LogP contribution in [-0.2, 0) is 0 Å². The fraction of sp³-hybridized carbons (Fsp3) is 0. The standard InChI is InChI=1S/C12H7BrF2/c13-11-7-9(4-5-12(11)15)8-2-1-3-10(14)6-8/h1-7H. The summed E-state index contributed by atoms with van der Waals surface area (Å²) in [6.45, 7) is 0. The van der Waals surface area contributed by atoms with Crippen molar-refractivity contribution >= 4 is 15.9 Å². The number of halogens is 3. The van der Waals surface area contributed by atoms with E-state index in [1.165, 1.54) is 18.2 Å². The van der Waals surface area contributed by atoms with Gasteiger partial charge in [0.15, 0.2) is 0 Å². The van der Waals surface area contributed by atoms with Gasteiger partial charge in [-0.25, -0.2) is 8.78 Å². The maximum absolute atomic E-state index is 13.0. The Morgan fingerprint density at radius 3 is 2.27 bits per heavy atom. The van der Waals surface area contributed by atoms with Crippen molar-refractivity contribution in [1.29, 1.82) is 0 Å². The summed E-state index contributed by atoms with van der Waals surface area (Å²) in [4.78, 5) is 0. The molecule has 3 heteroatoms. The minimum atomic E-state index is -0.324. The van der Waals surface area contributed by atoms with Gasteiger partial charge in [-0.1, -0.05) is 18.2 Å². The minimum Gasteiger partial charge on any atom is -0.207 e. The summed E-state index contributed by atoms with van der Waals surface area (Å²) >= 11 is 3.09. The second-order valence-electron chi connectivity index (χ2n) is 3.14. The van der Waals surface area contributed by atoms with Crippen molar-refractivity contribution in [2.75, 3.05) is 0 Å². The highest BCUT2D eigenvalue weighted by Crippen LogP contribution is 2.25. The average Bonchev–Trinajstić information content (AvgIpc) is 2.22. The molecule has 2 rings (SSSR count). The molecule has 0 fully saturated rings. The predicted molar refractivity (Wildman–Crippen MR) is 59.5 cm³/mol. The lowest BCUT2D eigenvalue weighted by atomic mass is 10.1. The van der Waals surface area contributed by atoms with Crippen LogP contribution in [0.15, 0.2) is 46.9 Å². The first-order valence-electron chi connectivity index (χ1n) is 4.38. The molecular formula is C12H7BrF2. The number of hydrogen-bond acceptors (Lipinski definition) is 0. The third-order valence-corrected chi connectivity index (χ3v) is 2.69. The molecule has 15 heavy (non-hydrogen) atoms. The second-order valence-corrected chi connectivity index (χ2v) is 3.99. The Hall–Kier alpha value is -1.22. The number of hydrogen-bond donors (Lipinski definition) is 0. The van der Waals surface area contributed by atoms with E-state index in [4.69, 9.17) is 0 Å². The smallest absolute Gasteiger partial charge is 0.137 e. The zero-order valence-corrected chi connectivity index (χ0v) is 9.26. The van der Waals surface area contributed by atoms with Gasteiger partial charge in [0.05, 0.1) is 4.47 Å². The van der Waals surface area contributed by atoms with Crippen LogP contribution >= 0.6 is 15.9 Å². The lowest BCUT2D eigenvalue weighted by molar-refractivity contribution is 0.621. The van der Waals surface area contributed by atoms with Crippen LogP contribution in [0.5, 0.6) is 0 Å². The predicted octanol–water partition coefficient (Wildman–Crippen LogP) is 4.39. The van der Waals surface area contributed by atoms with Crippen molar-refractivity contribution in [2.45, 2.75) is 0 Å². The maximum Gasteiger partial charge on any atom is 0.137 e. The van der Waals surface area contributed by atoms with E-state index in [1.54, 1.807) is 24.3 Å². The Bertz CT molecular complexity index is 495. The van der Waals surface area contributed by atoms with E-state index < -0.39 is 0 Å². The van der Waals surface area contributed by atoms with Gasteiger partial charge < -0.3 is 0 Å². The summed E-state index contributed by atoms with van der Waals surface area (Å²) in [7, 11) is 0. The third kappa shape index (κ3) is 2.23. The first-order valence-corrected chi connectivity index (χ1v) is 5.17.